The van der Waals surface area contributed by atoms with Crippen LogP contribution in [0.4, 0.5) is 14.6 Å². The van der Waals surface area contributed by atoms with Gasteiger partial charge in [0.1, 0.15) is 47.8 Å². The number of phosphoric ester groups is 1. The van der Waals surface area contributed by atoms with E-state index < -0.39 is 94.3 Å². The van der Waals surface area contributed by atoms with Crippen LogP contribution in [-0.2, 0) is 42.5 Å². The van der Waals surface area contributed by atoms with E-state index in [9.17, 15) is 28.4 Å². The Labute approximate surface area is 397 Å². The third kappa shape index (κ3) is 12.4. The summed E-state index contributed by atoms with van der Waals surface area (Å²) in [6.45, 7) is -3.63. The maximum atomic E-state index is 16.5. The van der Waals surface area contributed by atoms with Gasteiger partial charge in [0.05, 0.1) is 31.7 Å². The van der Waals surface area contributed by atoms with Crippen molar-refractivity contribution < 1.29 is 64.6 Å². The van der Waals surface area contributed by atoms with E-state index in [1.54, 1.807) is 36.4 Å². The second-order valence-electron chi connectivity index (χ2n) is 16.4. The largest absolute Gasteiger partial charge is 0.494 e. The number of hydrogen-bond donors (Lipinski definition) is 3. The van der Waals surface area contributed by atoms with Crippen LogP contribution in [0.3, 0.4) is 0 Å². The molecule has 3 saturated heterocycles. The van der Waals surface area contributed by atoms with Crippen LogP contribution in [0.2, 0.25) is 0 Å². The van der Waals surface area contributed by atoms with E-state index in [1.807, 2.05) is 4.98 Å². The molecule has 26 heteroatoms. The van der Waals surface area contributed by atoms with Crippen LogP contribution in [-0.4, -0.2) is 96.5 Å². The number of unbranched alkanes of at least 4 members (excludes halogenated alkanes) is 7. The monoisotopic (exact) mass is 1020 g/mol. The normalized spacial score (nSPS) is 28.3. The molecule has 8 rings (SSSR count). The summed E-state index contributed by atoms with van der Waals surface area (Å²) in [7, 11) is -5.24. The van der Waals surface area contributed by atoms with Crippen molar-refractivity contribution >= 4 is 49.0 Å². The summed E-state index contributed by atoms with van der Waals surface area (Å²) in [4.78, 5) is 62.4. The maximum Gasteiger partial charge on any atom is 0.472 e. The predicted molar refractivity (Wildman–Crippen MR) is 245 cm³/mol. The number of carbonyl (C=O) groups is 1. The van der Waals surface area contributed by atoms with Gasteiger partial charge in [-0.15, -0.1) is 0 Å². The highest BCUT2D eigenvalue weighted by Gasteiger charge is 2.55. The lowest BCUT2D eigenvalue weighted by Crippen LogP contribution is -2.38. The Morgan fingerprint density at radius 3 is 2.17 bits per heavy atom. The molecule has 3 aliphatic rings. The van der Waals surface area contributed by atoms with Gasteiger partial charge in [0.2, 0.25) is 0 Å². The molecular weight excluding hydrogens is 971 g/mol. The highest BCUT2D eigenvalue weighted by molar-refractivity contribution is 8.54. The van der Waals surface area contributed by atoms with Gasteiger partial charge in [-0.2, -0.15) is 0 Å². The van der Waals surface area contributed by atoms with Crippen molar-refractivity contribution in [2.24, 2.45) is 0 Å². The van der Waals surface area contributed by atoms with Crippen molar-refractivity contribution in [3.8, 4) is 11.5 Å². The summed E-state index contributed by atoms with van der Waals surface area (Å²) < 4.78 is 109. The summed E-state index contributed by atoms with van der Waals surface area (Å²) in [6.07, 6.45) is -2.27. The number of alkyl halides is 2. The van der Waals surface area contributed by atoms with Gasteiger partial charge in [-0.05, 0) is 59.8 Å². The number of anilines is 1. The number of nitrogen functional groups attached to an aromatic ring is 1. The number of carbonyl (C=O) groups excluding carboxylic acids is 1. The number of ether oxygens (including phenoxy) is 4. The first-order chi connectivity index (χ1) is 33.2. The van der Waals surface area contributed by atoms with E-state index >= 15 is 8.78 Å². The molecule has 0 aliphatic carbocycles. The minimum Gasteiger partial charge on any atom is -0.494 e. The number of nitrogens with two attached hydrogens (primary N) is 1. The molecule has 0 saturated carbocycles. The first-order valence-electron chi connectivity index (χ1n) is 22.3. The van der Waals surface area contributed by atoms with Gasteiger partial charge in [-0.3, -0.25) is 37.0 Å². The van der Waals surface area contributed by atoms with Crippen molar-refractivity contribution in [2.45, 2.75) is 113 Å². The second-order valence-corrected chi connectivity index (χ2v) is 21.9. The first kappa shape index (κ1) is 50.5. The Morgan fingerprint density at radius 2 is 1.48 bits per heavy atom. The number of nitrogens with one attached hydrogen (secondary N) is 1. The van der Waals surface area contributed by atoms with E-state index in [0.29, 0.717) is 39.4 Å². The molecular formula is C43H51F2N7O14P2S. The predicted octanol–water partition coefficient (Wildman–Crippen LogP) is 7.13. The van der Waals surface area contributed by atoms with Crippen LogP contribution in [0.25, 0.3) is 11.2 Å². The van der Waals surface area contributed by atoms with Crippen molar-refractivity contribution in [1.82, 2.24) is 29.1 Å². The van der Waals surface area contributed by atoms with Crippen molar-refractivity contribution in [3.05, 3.63) is 105 Å². The Bertz CT molecular complexity index is 2770. The number of H-pyrrole nitrogens is 1. The molecule has 3 aliphatic heterocycles. The van der Waals surface area contributed by atoms with Crippen LogP contribution >= 0.6 is 26.0 Å². The number of halogens is 2. The molecule has 10 atom stereocenters. The fourth-order valence-electron chi connectivity index (χ4n) is 7.89. The lowest BCUT2D eigenvalue weighted by molar-refractivity contribution is -0.0619. The van der Waals surface area contributed by atoms with Crippen LogP contribution in [0.15, 0.2) is 83.0 Å². The zero-order valence-electron chi connectivity index (χ0n) is 37.2. The Balaban J connectivity index is 0.953. The summed E-state index contributed by atoms with van der Waals surface area (Å²) in [6, 6.07) is 13.8. The molecule has 5 aromatic rings. The maximum absolute atomic E-state index is 16.5. The lowest BCUT2D eigenvalue weighted by atomic mass is 10.1. The summed E-state index contributed by atoms with van der Waals surface area (Å²) in [5, 5.41) is 0. The quantitative estimate of drug-likeness (QED) is 0.0362. The molecule has 4 N–H and O–H groups in total. The number of benzene rings is 2. The average molecular weight is 1020 g/mol. The second kappa shape index (κ2) is 22.5. The molecule has 0 spiro atoms. The van der Waals surface area contributed by atoms with Crippen LogP contribution in [0.1, 0.15) is 86.7 Å². The van der Waals surface area contributed by atoms with Gasteiger partial charge in [-0.25, -0.2) is 42.5 Å². The minimum absolute atomic E-state index is 0.0140. The zero-order valence-corrected chi connectivity index (χ0v) is 39.8. The lowest BCUT2D eigenvalue weighted by Gasteiger charge is -2.29. The molecule has 0 radical (unpaired) electrons. The SMILES string of the molecule is CCCCCCCCCCOc1ccc(C(=O)Oc2ccc(CSP3(=O)OC[C@H]4O[C@@H](n5cnc6c(N)ncnc65)[C@H](F)[C@@H]4OP(=O)(O)OC[C@H]4O[C@@H](n5ccc(=O)[nH]c5=O)[C@H](F)[C@@H]4O3)cc2)cc1. The van der Waals surface area contributed by atoms with Crippen molar-refractivity contribution in [2.75, 3.05) is 25.6 Å². The number of aromatic nitrogens is 6. The first-order valence-corrected chi connectivity index (χ1v) is 26.9. The highest BCUT2D eigenvalue weighted by atomic mass is 32.7. The van der Waals surface area contributed by atoms with Gasteiger partial charge in [0.25, 0.3) is 5.56 Å². The fraction of sp³-hybridized carbons (Fsp3) is 0.488. The third-order valence-corrected chi connectivity index (χ3v) is 16.1. The van der Waals surface area contributed by atoms with Crippen LogP contribution < -0.4 is 26.5 Å². The molecule has 2 aromatic carbocycles. The Morgan fingerprint density at radius 1 is 0.841 bits per heavy atom. The molecule has 3 fully saturated rings. The van der Waals surface area contributed by atoms with Crippen molar-refractivity contribution in [1.29, 1.82) is 0 Å². The number of phosphoric acid groups is 1. The molecule has 69 heavy (non-hydrogen) atoms. The van der Waals surface area contributed by atoms with E-state index in [0.717, 1.165) is 36.0 Å². The fourth-order valence-corrected chi connectivity index (χ4v) is 12.2. The third-order valence-electron chi connectivity index (χ3n) is 11.5. The Hall–Kier alpha value is -4.87. The number of esters is 1. The number of hydrogen-bond acceptors (Lipinski definition) is 18. The van der Waals surface area contributed by atoms with Crippen LogP contribution in [0, 0.1) is 0 Å². The number of imidazole rings is 1. The van der Waals surface area contributed by atoms with Gasteiger partial charge in [0.15, 0.2) is 36.3 Å². The number of fused-ring (bicyclic) bond motifs is 3. The Kier molecular flexibility index (Phi) is 16.5. The van der Waals surface area contributed by atoms with Crippen molar-refractivity contribution in [3.63, 3.8) is 0 Å². The average Bonchev–Trinajstić information content (AvgIpc) is 3.99. The molecule has 2 unspecified atom stereocenters. The topological polar surface area (TPSA) is 270 Å². The van der Waals surface area contributed by atoms with Crippen LogP contribution in [0.5, 0.6) is 11.5 Å². The molecule has 21 nitrogen and oxygen atoms in total. The smallest absolute Gasteiger partial charge is 0.472 e. The summed E-state index contributed by atoms with van der Waals surface area (Å²) in [5.41, 5.74) is 5.05. The van der Waals surface area contributed by atoms with Gasteiger partial charge in [-0.1, -0.05) is 64.0 Å². The van der Waals surface area contributed by atoms with E-state index in [2.05, 4.69) is 21.9 Å². The molecule has 6 heterocycles. The van der Waals surface area contributed by atoms with Gasteiger partial charge < -0.3 is 29.6 Å². The molecule has 372 valence electrons. The zero-order chi connectivity index (χ0) is 48.7. The van der Waals surface area contributed by atoms with E-state index in [-0.39, 0.29) is 28.5 Å². The van der Waals surface area contributed by atoms with Gasteiger partial charge >= 0.3 is 26.3 Å². The molecule has 0 bridgehead atoms. The minimum atomic E-state index is -5.24. The number of aromatic amines is 1. The molecule has 3 aromatic heterocycles. The van der Waals surface area contributed by atoms with E-state index in [4.69, 9.17) is 42.8 Å². The highest BCUT2D eigenvalue weighted by Crippen LogP contribution is 2.65. The molecule has 0 amide bonds. The standard InChI is InChI=1S/C43H51F2N7O14P2S/c1-2-3-4-5-6-7-8-9-20-59-28-16-12-27(13-17-28)42(54)62-29-14-10-26(11-15-29)23-69-68(58)61-22-31-36(33(44)41(64-31)52-25-49-35-38(46)47-24-48-39(35)52)65-67(56,57)60-21-30-37(66-68)34(45)40(63-30)51-19-18-32(53)50-43(51)55/h10-19,24-25,30-31,33-34,36-37,40-41H,2-9,20-23H2,1H3,(H,56,57)(H2,46,47,48)(H,50,53,55)/t30-,31-,33-,34-,36-,37-,40-,41-,68?/m1/s1. The van der Waals surface area contributed by atoms with Gasteiger partial charge in [0, 0.05) is 18.0 Å². The summed E-state index contributed by atoms with van der Waals surface area (Å²) in [5.74, 6) is 0.0933. The summed E-state index contributed by atoms with van der Waals surface area (Å²) >= 11 is 0.596. The van der Waals surface area contributed by atoms with E-state index in [1.165, 1.54) is 57.0 Å². The number of nitrogens with zero attached hydrogens (tertiary/aromatic N) is 5. The number of rotatable bonds is 17.